The van der Waals surface area contributed by atoms with Crippen LogP contribution in [0.2, 0.25) is 0 Å². The highest BCUT2D eigenvalue weighted by atomic mass is 16.5. The number of nitrogens with zero attached hydrogens (tertiary/aromatic N) is 2. The molecule has 0 aliphatic carbocycles. The minimum atomic E-state index is -0.421. The van der Waals surface area contributed by atoms with E-state index >= 15 is 0 Å². The van der Waals surface area contributed by atoms with Gasteiger partial charge in [0.15, 0.2) is 0 Å². The van der Waals surface area contributed by atoms with Gasteiger partial charge in [0.05, 0.1) is 6.61 Å². The minimum Gasteiger partial charge on any atom is -0.448 e. The molecule has 0 saturated heterocycles. The lowest BCUT2D eigenvalue weighted by Gasteiger charge is -2.01. The molecular formula is C7H10N2O2. The minimum absolute atomic E-state index is 0.373. The average molecular weight is 154 g/mol. The molecule has 11 heavy (non-hydrogen) atoms. The van der Waals surface area contributed by atoms with Crippen molar-refractivity contribution >= 4 is 6.09 Å². The summed E-state index contributed by atoms with van der Waals surface area (Å²) in [4.78, 5) is 11.0. The van der Waals surface area contributed by atoms with Crippen LogP contribution in [0.3, 0.4) is 0 Å². The Morgan fingerprint density at radius 3 is 3.00 bits per heavy atom. The molecule has 0 atom stereocenters. The zero-order valence-electron chi connectivity index (χ0n) is 6.57. The first kappa shape index (κ1) is 7.78. The van der Waals surface area contributed by atoms with Crippen molar-refractivity contribution in [2.45, 2.75) is 13.8 Å². The molecule has 0 aliphatic rings. The second kappa shape index (κ2) is 3.18. The van der Waals surface area contributed by atoms with Crippen LogP contribution in [0.25, 0.3) is 0 Å². The van der Waals surface area contributed by atoms with Gasteiger partial charge >= 0.3 is 6.09 Å². The van der Waals surface area contributed by atoms with Crippen LogP contribution in [-0.4, -0.2) is 22.5 Å². The van der Waals surface area contributed by atoms with Gasteiger partial charge in [-0.05, 0) is 19.9 Å². The van der Waals surface area contributed by atoms with Crippen LogP contribution >= 0.6 is 0 Å². The van der Waals surface area contributed by atoms with Crippen LogP contribution in [-0.2, 0) is 4.74 Å². The molecule has 60 valence electrons. The quantitative estimate of drug-likeness (QED) is 0.610. The zero-order valence-corrected chi connectivity index (χ0v) is 6.57. The van der Waals surface area contributed by atoms with E-state index in [-0.39, 0.29) is 0 Å². The Labute approximate surface area is 64.8 Å². The van der Waals surface area contributed by atoms with Crippen molar-refractivity contribution in [2.24, 2.45) is 0 Å². The average Bonchev–Trinajstić information content (AvgIpc) is 2.36. The number of ether oxygens (including phenoxy) is 1. The summed E-state index contributed by atoms with van der Waals surface area (Å²) >= 11 is 0. The predicted octanol–water partition coefficient (Wildman–Crippen LogP) is 1.20. The molecule has 1 heterocycles. The van der Waals surface area contributed by atoms with Crippen molar-refractivity contribution in [1.29, 1.82) is 0 Å². The maximum absolute atomic E-state index is 11.0. The predicted molar refractivity (Wildman–Crippen MR) is 39.4 cm³/mol. The van der Waals surface area contributed by atoms with Crippen LogP contribution in [0.1, 0.15) is 12.6 Å². The normalized spacial score (nSPS) is 9.64. The third kappa shape index (κ3) is 1.58. The Morgan fingerprint density at radius 2 is 2.55 bits per heavy atom. The molecule has 0 unspecified atom stereocenters. The third-order valence-electron chi connectivity index (χ3n) is 1.27. The van der Waals surface area contributed by atoms with Gasteiger partial charge in [0, 0.05) is 11.9 Å². The Kier molecular flexibility index (Phi) is 2.25. The number of aromatic nitrogens is 2. The van der Waals surface area contributed by atoms with Gasteiger partial charge in [-0.15, -0.1) is 0 Å². The van der Waals surface area contributed by atoms with E-state index in [1.165, 1.54) is 4.68 Å². The second-order valence-corrected chi connectivity index (χ2v) is 2.08. The number of aryl methyl sites for hydroxylation is 1. The maximum atomic E-state index is 11.0. The van der Waals surface area contributed by atoms with Crippen LogP contribution in [0.5, 0.6) is 0 Å². The molecule has 0 bridgehead atoms. The fourth-order valence-corrected chi connectivity index (χ4v) is 0.745. The van der Waals surface area contributed by atoms with Gasteiger partial charge < -0.3 is 4.74 Å². The summed E-state index contributed by atoms with van der Waals surface area (Å²) < 4.78 is 5.95. The van der Waals surface area contributed by atoms with Crippen molar-refractivity contribution in [3.05, 3.63) is 18.0 Å². The second-order valence-electron chi connectivity index (χ2n) is 2.08. The maximum Gasteiger partial charge on any atom is 0.434 e. The lowest BCUT2D eigenvalue weighted by atomic mass is 10.5. The highest BCUT2D eigenvalue weighted by Gasteiger charge is 2.06. The Hall–Kier alpha value is -1.32. The smallest absolute Gasteiger partial charge is 0.434 e. The molecule has 0 radical (unpaired) electrons. The van der Waals surface area contributed by atoms with Gasteiger partial charge in [-0.2, -0.15) is 9.78 Å². The molecule has 4 heteroatoms. The highest BCUT2D eigenvalue weighted by molar-refractivity contribution is 5.69. The first-order valence-corrected chi connectivity index (χ1v) is 3.43. The molecule has 1 aromatic heterocycles. The summed E-state index contributed by atoms with van der Waals surface area (Å²) in [5, 5.41) is 3.78. The molecule has 1 rings (SSSR count). The molecule has 0 N–H and O–H groups in total. The monoisotopic (exact) mass is 154 g/mol. The summed E-state index contributed by atoms with van der Waals surface area (Å²) in [7, 11) is 0. The molecule has 0 amide bonds. The zero-order chi connectivity index (χ0) is 8.27. The SMILES string of the molecule is CCOC(=O)n1nccc1C. The topological polar surface area (TPSA) is 44.1 Å². The standard InChI is InChI=1S/C7H10N2O2/c1-3-11-7(10)9-6(2)4-5-8-9/h4-5H,3H2,1-2H3. The Morgan fingerprint density at radius 1 is 1.82 bits per heavy atom. The van der Waals surface area contributed by atoms with Crippen LogP contribution in [0.4, 0.5) is 4.79 Å². The molecule has 0 saturated carbocycles. The fraction of sp³-hybridized carbons (Fsp3) is 0.429. The molecule has 0 aromatic carbocycles. The number of hydrogen-bond acceptors (Lipinski definition) is 3. The summed E-state index contributed by atoms with van der Waals surface area (Å²) in [6.07, 6.45) is 1.14. The lowest BCUT2D eigenvalue weighted by Crippen LogP contribution is -2.15. The van der Waals surface area contributed by atoms with E-state index in [9.17, 15) is 4.79 Å². The first-order chi connectivity index (χ1) is 5.25. The lowest BCUT2D eigenvalue weighted by molar-refractivity contribution is 0.150. The van der Waals surface area contributed by atoms with Gasteiger partial charge in [-0.3, -0.25) is 0 Å². The van der Waals surface area contributed by atoms with E-state index in [1.54, 1.807) is 26.1 Å². The van der Waals surface area contributed by atoms with Crippen molar-refractivity contribution in [1.82, 2.24) is 9.78 Å². The highest BCUT2D eigenvalue weighted by Crippen LogP contribution is 1.96. The molecule has 0 fully saturated rings. The molecule has 1 aromatic rings. The van der Waals surface area contributed by atoms with Crippen LogP contribution in [0.15, 0.2) is 12.3 Å². The van der Waals surface area contributed by atoms with E-state index in [0.717, 1.165) is 5.69 Å². The van der Waals surface area contributed by atoms with Gasteiger partial charge in [-0.1, -0.05) is 0 Å². The van der Waals surface area contributed by atoms with E-state index in [1.807, 2.05) is 0 Å². The van der Waals surface area contributed by atoms with Gasteiger partial charge in [0.1, 0.15) is 0 Å². The van der Waals surface area contributed by atoms with E-state index in [2.05, 4.69) is 5.10 Å². The van der Waals surface area contributed by atoms with Crippen LogP contribution < -0.4 is 0 Å². The molecule has 0 aliphatic heterocycles. The summed E-state index contributed by atoms with van der Waals surface area (Å²) in [6.45, 7) is 3.93. The van der Waals surface area contributed by atoms with Crippen molar-refractivity contribution in [3.63, 3.8) is 0 Å². The summed E-state index contributed by atoms with van der Waals surface area (Å²) in [5.74, 6) is 0. The summed E-state index contributed by atoms with van der Waals surface area (Å²) in [6, 6.07) is 1.75. The van der Waals surface area contributed by atoms with Crippen LogP contribution in [0, 0.1) is 6.92 Å². The summed E-state index contributed by atoms with van der Waals surface area (Å²) in [5.41, 5.74) is 0.781. The van der Waals surface area contributed by atoms with E-state index in [4.69, 9.17) is 4.74 Å². The van der Waals surface area contributed by atoms with Crippen molar-refractivity contribution in [3.8, 4) is 0 Å². The van der Waals surface area contributed by atoms with Crippen molar-refractivity contribution in [2.75, 3.05) is 6.61 Å². The Balaban J connectivity index is 2.76. The van der Waals surface area contributed by atoms with Gasteiger partial charge in [-0.25, -0.2) is 4.79 Å². The largest absolute Gasteiger partial charge is 0.448 e. The van der Waals surface area contributed by atoms with E-state index in [0.29, 0.717) is 6.61 Å². The van der Waals surface area contributed by atoms with E-state index < -0.39 is 6.09 Å². The number of carbonyl (C=O) groups is 1. The number of carbonyl (C=O) groups excluding carboxylic acids is 1. The van der Waals surface area contributed by atoms with Crippen molar-refractivity contribution < 1.29 is 9.53 Å². The van der Waals surface area contributed by atoms with Gasteiger partial charge in [0.2, 0.25) is 0 Å². The number of hydrogen-bond donors (Lipinski definition) is 0. The first-order valence-electron chi connectivity index (χ1n) is 3.43. The number of rotatable bonds is 1. The fourth-order valence-electron chi connectivity index (χ4n) is 0.745. The molecule has 4 nitrogen and oxygen atoms in total. The molecule has 0 spiro atoms. The molecular weight excluding hydrogens is 144 g/mol. The van der Waals surface area contributed by atoms with Gasteiger partial charge in [0.25, 0.3) is 0 Å². The Bertz CT molecular complexity index is 255. The third-order valence-corrected chi connectivity index (χ3v) is 1.27.